The summed E-state index contributed by atoms with van der Waals surface area (Å²) in [5.41, 5.74) is 0.972. The zero-order chi connectivity index (χ0) is 21.5. The molecule has 0 aliphatic carbocycles. The summed E-state index contributed by atoms with van der Waals surface area (Å²) in [6, 6.07) is 19.0. The van der Waals surface area contributed by atoms with E-state index in [-0.39, 0.29) is 18.3 Å². The quantitative estimate of drug-likeness (QED) is 0.599. The van der Waals surface area contributed by atoms with Gasteiger partial charge in [-0.3, -0.25) is 4.79 Å². The zero-order valence-corrected chi connectivity index (χ0v) is 17.1. The summed E-state index contributed by atoms with van der Waals surface area (Å²) in [4.78, 5) is 20.7. The highest BCUT2D eigenvalue weighted by atomic mass is 19.1. The molecule has 1 saturated heterocycles. The summed E-state index contributed by atoms with van der Waals surface area (Å²) in [5, 5.41) is 0. The maximum absolute atomic E-state index is 13.2. The van der Waals surface area contributed by atoms with Gasteiger partial charge in [0, 0.05) is 44.1 Å². The fourth-order valence-corrected chi connectivity index (χ4v) is 3.45. The normalized spacial score (nSPS) is 14.1. The van der Waals surface area contributed by atoms with Gasteiger partial charge in [0.15, 0.2) is 6.61 Å². The lowest BCUT2D eigenvalue weighted by Crippen LogP contribution is -2.38. The minimum atomic E-state index is -0.246. The SMILES string of the molecule is O=C(COc1ccc(Oc2ccccn2)cc1)N1CCCN(c2ccc(F)cc2)CC1. The number of benzene rings is 2. The number of nitrogens with zero attached hydrogens (tertiary/aromatic N) is 3. The first-order valence-electron chi connectivity index (χ1n) is 10.3. The van der Waals surface area contributed by atoms with Crippen molar-refractivity contribution in [3.8, 4) is 17.4 Å². The third kappa shape index (κ3) is 5.72. The fourth-order valence-electron chi connectivity index (χ4n) is 3.45. The van der Waals surface area contributed by atoms with Crippen LogP contribution in [0.4, 0.5) is 10.1 Å². The van der Waals surface area contributed by atoms with Crippen LogP contribution in [-0.4, -0.2) is 48.6 Å². The number of pyridine rings is 1. The second kappa shape index (κ2) is 9.93. The van der Waals surface area contributed by atoms with Crippen LogP contribution in [0.2, 0.25) is 0 Å². The fraction of sp³-hybridized carbons (Fsp3) is 0.250. The average molecular weight is 421 g/mol. The topological polar surface area (TPSA) is 54.9 Å². The lowest BCUT2D eigenvalue weighted by atomic mass is 10.2. The van der Waals surface area contributed by atoms with E-state index in [0.29, 0.717) is 37.0 Å². The van der Waals surface area contributed by atoms with Gasteiger partial charge in [0.2, 0.25) is 5.88 Å². The summed E-state index contributed by atoms with van der Waals surface area (Å²) < 4.78 is 24.5. The molecule has 160 valence electrons. The number of halogens is 1. The Labute approximate surface area is 180 Å². The number of amides is 1. The molecule has 2 heterocycles. The van der Waals surface area contributed by atoms with E-state index in [9.17, 15) is 9.18 Å². The van der Waals surface area contributed by atoms with Crippen molar-refractivity contribution in [1.29, 1.82) is 0 Å². The van der Waals surface area contributed by atoms with Crippen molar-refractivity contribution in [2.24, 2.45) is 0 Å². The van der Waals surface area contributed by atoms with Crippen LogP contribution >= 0.6 is 0 Å². The van der Waals surface area contributed by atoms with Gasteiger partial charge in [-0.05, 0) is 61.0 Å². The molecule has 1 aromatic heterocycles. The van der Waals surface area contributed by atoms with Crippen molar-refractivity contribution >= 4 is 11.6 Å². The molecule has 1 aliphatic heterocycles. The summed E-state index contributed by atoms with van der Waals surface area (Å²) in [5.74, 6) is 1.47. The van der Waals surface area contributed by atoms with Crippen molar-refractivity contribution < 1.29 is 18.7 Å². The van der Waals surface area contributed by atoms with Gasteiger partial charge in [-0.2, -0.15) is 0 Å². The van der Waals surface area contributed by atoms with E-state index in [0.717, 1.165) is 18.7 Å². The van der Waals surface area contributed by atoms with Gasteiger partial charge < -0.3 is 19.3 Å². The maximum Gasteiger partial charge on any atom is 0.260 e. The molecule has 1 fully saturated rings. The van der Waals surface area contributed by atoms with Gasteiger partial charge >= 0.3 is 0 Å². The zero-order valence-electron chi connectivity index (χ0n) is 17.1. The third-order valence-electron chi connectivity index (χ3n) is 5.09. The largest absolute Gasteiger partial charge is 0.484 e. The molecular formula is C24H24FN3O3. The van der Waals surface area contributed by atoms with Gasteiger partial charge in [0.25, 0.3) is 5.91 Å². The van der Waals surface area contributed by atoms with Gasteiger partial charge in [0.1, 0.15) is 17.3 Å². The van der Waals surface area contributed by atoms with Gasteiger partial charge in [-0.15, -0.1) is 0 Å². The second-order valence-corrected chi connectivity index (χ2v) is 7.23. The molecule has 0 saturated carbocycles. The smallest absolute Gasteiger partial charge is 0.260 e. The summed E-state index contributed by atoms with van der Waals surface area (Å²) >= 11 is 0. The van der Waals surface area contributed by atoms with E-state index < -0.39 is 0 Å². The number of hydrogen-bond acceptors (Lipinski definition) is 5. The van der Waals surface area contributed by atoms with Crippen molar-refractivity contribution in [1.82, 2.24) is 9.88 Å². The molecule has 4 rings (SSSR count). The van der Waals surface area contributed by atoms with E-state index in [1.165, 1.54) is 12.1 Å². The average Bonchev–Trinajstić information content (AvgIpc) is 3.06. The Kier molecular flexibility index (Phi) is 6.62. The molecule has 0 unspecified atom stereocenters. The van der Waals surface area contributed by atoms with Crippen LogP contribution < -0.4 is 14.4 Å². The molecule has 3 aromatic rings. The predicted octanol–water partition coefficient (Wildman–Crippen LogP) is 4.13. The molecule has 1 aliphatic rings. The molecule has 0 atom stereocenters. The lowest BCUT2D eigenvalue weighted by molar-refractivity contribution is -0.133. The number of ether oxygens (including phenoxy) is 2. The van der Waals surface area contributed by atoms with Crippen molar-refractivity contribution in [2.45, 2.75) is 6.42 Å². The minimum absolute atomic E-state index is 0.0169. The van der Waals surface area contributed by atoms with E-state index in [1.54, 1.807) is 48.7 Å². The van der Waals surface area contributed by atoms with Crippen LogP contribution in [0.3, 0.4) is 0 Å². The standard InChI is InChI=1S/C24H24FN3O3/c25-19-5-7-20(8-6-19)27-14-3-15-28(17-16-27)24(29)18-30-21-9-11-22(12-10-21)31-23-4-1-2-13-26-23/h1-2,4-13H,3,14-18H2. The van der Waals surface area contributed by atoms with Crippen molar-refractivity contribution in [3.63, 3.8) is 0 Å². The summed E-state index contributed by atoms with van der Waals surface area (Å²) in [7, 11) is 0. The van der Waals surface area contributed by atoms with Gasteiger partial charge in [-0.25, -0.2) is 9.37 Å². The molecule has 6 nitrogen and oxygen atoms in total. The Morgan fingerprint density at radius 3 is 2.42 bits per heavy atom. The molecule has 1 amide bonds. The lowest BCUT2D eigenvalue weighted by Gasteiger charge is -2.23. The van der Waals surface area contributed by atoms with Crippen LogP contribution in [0.1, 0.15) is 6.42 Å². The molecule has 0 bridgehead atoms. The number of aromatic nitrogens is 1. The Balaban J connectivity index is 1.26. The molecule has 2 aromatic carbocycles. The van der Waals surface area contributed by atoms with Crippen LogP contribution in [0, 0.1) is 5.82 Å². The first-order valence-corrected chi connectivity index (χ1v) is 10.3. The minimum Gasteiger partial charge on any atom is -0.484 e. The van der Waals surface area contributed by atoms with Crippen molar-refractivity contribution in [2.75, 3.05) is 37.7 Å². The molecule has 7 heteroatoms. The molecule has 0 spiro atoms. The highest BCUT2D eigenvalue weighted by Crippen LogP contribution is 2.22. The highest BCUT2D eigenvalue weighted by Gasteiger charge is 2.19. The molecule has 0 N–H and O–H groups in total. The number of rotatable bonds is 6. The van der Waals surface area contributed by atoms with Crippen molar-refractivity contribution in [3.05, 3.63) is 78.7 Å². The van der Waals surface area contributed by atoms with E-state index in [1.807, 2.05) is 17.0 Å². The third-order valence-corrected chi connectivity index (χ3v) is 5.09. The monoisotopic (exact) mass is 421 g/mol. The number of carbonyl (C=O) groups is 1. The van der Waals surface area contributed by atoms with Gasteiger partial charge in [-0.1, -0.05) is 6.07 Å². The highest BCUT2D eigenvalue weighted by molar-refractivity contribution is 5.78. The molecule has 0 radical (unpaired) electrons. The predicted molar refractivity (Wildman–Crippen MR) is 116 cm³/mol. The Bertz CT molecular complexity index is 981. The van der Waals surface area contributed by atoms with E-state index in [2.05, 4.69) is 9.88 Å². The van der Waals surface area contributed by atoms with Crippen LogP contribution in [0.5, 0.6) is 17.4 Å². The Morgan fingerprint density at radius 1 is 0.903 bits per heavy atom. The maximum atomic E-state index is 13.2. The first kappa shape index (κ1) is 20.7. The van der Waals surface area contributed by atoms with Crippen LogP contribution in [0.15, 0.2) is 72.9 Å². The molecule has 31 heavy (non-hydrogen) atoms. The van der Waals surface area contributed by atoms with Gasteiger partial charge in [0.05, 0.1) is 0 Å². The second-order valence-electron chi connectivity index (χ2n) is 7.23. The Morgan fingerprint density at radius 2 is 1.68 bits per heavy atom. The van der Waals surface area contributed by atoms with E-state index in [4.69, 9.17) is 9.47 Å². The summed E-state index contributed by atoms with van der Waals surface area (Å²) in [6.07, 6.45) is 2.52. The summed E-state index contributed by atoms with van der Waals surface area (Å²) in [6.45, 7) is 2.80. The number of carbonyl (C=O) groups excluding carboxylic acids is 1. The number of anilines is 1. The first-order chi connectivity index (χ1) is 15.2. The van der Waals surface area contributed by atoms with E-state index >= 15 is 0 Å². The van der Waals surface area contributed by atoms with Crippen LogP contribution in [0.25, 0.3) is 0 Å². The Hall–Kier alpha value is -3.61. The number of hydrogen-bond donors (Lipinski definition) is 0. The molecular weight excluding hydrogens is 397 g/mol. The van der Waals surface area contributed by atoms with Crippen LogP contribution in [-0.2, 0) is 4.79 Å².